The molecule has 1 aliphatic rings. The monoisotopic (exact) mass is 267 g/mol. The first-order chi connectivity index (χ1) is 8.97. The highest BCUT2D eigenvalue weighted by Crippen LogP contribution is 2.46. The van der Waals surface area contributed by atoms with Crippen molar-refractivity contribution in [3.63, 3.8) is 0 Å². The molecule has 1 aromatic carbocycles. The van der Waals surface area contributed by atoms with Gasteiger partial charge in [0.25, 0.3) is 5.92 Å². The van der Waals surface area contributed by atoms with Crippen LogP contribution in [0, 0.1) is 0 Å². The van der Waals surface area contributed by atoms with E-state index in [9.17, 15) is 8.78 Å². The molecule has 5 nitrogen and oxygen atoms in total. The Morgan fingerprint density at radius 1 is 1.32 bits per heavy atom. The van der Waals surface area contributed by atoms with Crippen molar-refractivity contribution in [1.29, 1.82) is 0 Å². The van der Waals surface area contributed by atoms with Crippen molar-refractivity contribution in [3.8, 4) is 22.6 Å². The normalized spacial score (nSPS) is 13.8. The minimum absolute atomic E-state index is 0.00116. The van der Waals surface area contributed by atoms with E-state index in [1.807, 2.05) is 0 Å². The van der Waals surface area contributed by atoms with E-state index in [0.29, 0.717) is 16.9 Å². The van der Waals surface area contributed by atoms with Gasteiger partial charge < -0.3 is 15.2 Å². The summed E-state index contributed by atoms with van der Waals surface area (Å²) in [5, 5.41) is 6.34. The molecule has 0 atom stereocenters. The zero-order valence-electron chi connectivity index (χ0n) is 10.0. The van der Waals surface area contributed by atoms with Gasteiger partial charge in [-0.1, -0.05) is 0 Å². The van der Waals surface area contributed by atoms with Crippen LogP contribution in [0.1, 0.15) is 12.5 Å². The van der Waals surface area contributed by atoms with E-state index >= 15 is 0 Å². The molecule has 2 aromatic rings. The van der Waals surface area contributed by atoms with Crippen molar-refractivity contribution in [3.05, 3.63) is 23.9 Å². The van der Waals surface area contributed by atoms with Crippen molar-refractivity contribution in [2.75, 3.05) is 12.5 Å². The van der Waals surface area contributed by atoms with Crippen LogP contribution < -0.4 is 15.2 Å². The van der Waals surface area contributed by atoms with Gasteiger partial charge in [0.1, 0.15) is 5.82 Å². The molecule has 0 unspecified atom stereocenters. The van der Waals surface area contributed by atoms with Crippen molar-refractivity contribution in [1.82, 2.24) is 10.2 Å². The van der Waals surface area contributed by atoms with Gasteiger partial charge in [-0.05, 0) is 12.1 Å². The maximum atomic E-state index is 13.5. The molecule has 0 spiro atoms. The molecule has 0 bridgehead atoms. The van der Waals surface area contributed by atoms with Crippen molar-refractivity contribution >= 4 is 5.82 Å². The summed E-state index contributed by atoms with van der Waals surface area (Å²) in [6.07, 6.45) is 1.46. The second-order valence-electron chi connectivity index (χ2n) is 4.34. The van der Waals surface area contributed by atoms with Gasteiger partial charge in [-0.25, -0.2) is 8.78 Å². The van der Waals surface area contributed by atoms with Crippen LogP contribution in [0.5, 0.6) is 11.5 Å². The Kier molecular flexibility index (Phi) is 2.38. The molecule has 0 saturated heterocycles. The van der Waals surface area contributed by atoms with E-state index < -0.39 is 5.92 Å². The molecule has 100 valence electrons. The number of anilines is 1. The number of nitrogens with two attached hydrogens (primary N) is 1. The molecule has 0 aliphatic carbocycles. The second kappa shape index (κ2) is 3.84. The zero-order valence-corrected chi connectivity index (χ0v) is 10.0. The lowest BCUT2D eigenvalue weighted by Gasteiger charge is -2.14. The Bertz CT molecular complexity index is 634. The van der Waals surface area contributed by atoms with Gasteiger partial charge in [-0.15, -0.1) is 0 Å². The topological polar surface area (TPSA) is 73.2 Å². The number of aromatic nitrogens is 2. The first-order valence-electron chi connectivity index (χ1n) is 5.58. The molecule has 0 saturated carbocycles. The number of ether oxygens (including phenoxy) is 2. The lowest BCUT2D eigenvalue weighted by atomic mass is 10.0. The third kappa shape index (κ3) is 1.87. The quantitative estimate of drug-likeness (QED) is 0.876. The Hall–Kier alpha value is -2.31. The van der Waals surface area contributed by atoms with Gasteiger partial charge in [-0.3, -0.25) is 5.10 Å². The van der Waals surface area contributed by atoms with Crippen LogP contribution in [0.25, 0.3) is 11.1 Å². The fourth-order valence-corrected chi connectivity index (χ4v) is 1.97. The number of nitrogen functional groups attached to an aromatic ring is 1. The van der Waals surface area contributed by atoms with Gasteiger partial charge in [0.15, 0.2) is 11.5 Å². The number of alkyl halides is 2. The zero-order chi connectivity index (χ0) is 13.6. The number of hydrogen-bond acceptors (Lipinski definition) is 4. The number of halogens is 2. The van der Waals surface area contributed by atoms with E-state index in [-0.39, 0.29) is 23.9 Å². The lowest BCUT2D eigenvalue weighted by molar-refractivity contribution is 0.0173. The van der Waals surface area contributed by atoms with Crippen molar-refractivity contribution in [2.45, 2.75) is 12.8 Å². The minimum Gasteiger partial charge on any atom is -0.454 e. The molecule has 3 N–H and O–H groups in total. The number of H-pyrrole nitrogens is 1. The van der Waals surface area contributed by atoms with E-state index in [1.54, 1.807) is 0 Å². The van der Waals surface area contributed by atoms with Crippen LogP contribution >= 0.6 is 0 Å². The highest BCUT2D eigenvalue weighted by molar-refractivity contribution is 5.81. The number of nitrogens with zero attached hydrogens (tertiary/aromatic N) is 1. The Morgan fingerprint density at radius 2 is 2.11 bits per heavy atom. The summed E-state index contributed by atoms with van der Waals surface area (Å²) in [4.78, 5) is 0. The summed E-state index contributed by atoms with van der Waals surface area (Å²) < 4.78 is 37.5. The third-order valence-electron chi connectivity index (χ3n) is 2.94. The van der Waals surface area contributed by atoms with Crippen molar-refractivity contribution < 1.29 is 18.3 Å². The molecule has 19 heavy (non-hydrogen) atoms. The maximum Gasteiger partial charge on any atom is 0.270 e. The first kappa shape index (κ1) is 11.8. The lowest BCUT2D eigenvalue weighted by Crippen LogP contribution is -2.07. The fraction of sp³-hybridized carbons (Fsp3) is 0.250. The van der Waals surface area contributed by atoms with Crippen LogP contribution in [-0.2, 0) is 5.92 Å². The van der Waals surface area contributed by atoms with Crippen LogP contribution in [0.15, 0.2) is 18.3 Å². The van der Waals surface area contributed by atoms with Crippen molar-refractivity contribution in [2.24, 2.45) is 0 Å². The summed E-state index contributed by atoms with van der Waals surface area (Å²) >= 11 is 0. The predicted octanol–water partition coefficient (Wildman–Crippen LogP) is 2.50. The van der Waals surface area contributed by atoms with E-state index in [2.05, 4.69) is 10.2 Å². The first-order valence-corrected chi connectivity index (χ1v) is 5.58. The number of rotatable bonds is 2. The largest absolute Gasteiger partial charge is 0.454 e. The maximum absolute atomic E-state index is 13.5. The fourth-order valence-electron chi connectivity index (χ4n) is 1.97. The highest BCUT2D eigenvalue weighted by Gasteiger charge is 2.30. The molecule has 3 rings (SSSR count). The summed E-state index contributed by atoms with van der Waals surface area (Å²) in [5.41, 5.74) is 6.51. The number of nitrogens with one attached hydrogen (secondary N) is 1. The third-order valence-corrected chi connectivity index (χ3v) is 2.94. The minimum atomic E-state index is -2.98. The molecule has 7 heteroatoms. The highest BCUT2D eigenvalue weighted by atomic mass is 19.3. The van der Waals surface area contributed by atoms with Crippen LogP contribution in [-0.4, -0.2) is 17.0 Å². The molecule has 1 aromatic heterocycles. The average molecular weight is 267 g/mol. The molecule has 0 amide bonds. The second-order valence-corrected chi connectivity index (χ2v) is 4.34. The van der Waals surface area contributed by atoms with Gasteiger partial charge in [0.05, 0.1) is 6.20 Å². The number of hydrogen-bond donors (Lipinski definition) is 2. The Labute approximate surface area is 107 Å². The standard InChI is InChI=1S/C12H11F2N3O2/c1-12(13,14)6-2-7(8-4-16-17-11(8)15)10-9(3-6)18-5-19-10/h2-4H,5H2,1H3,(H3,15,16,17). The summed E-state index contributed by atoms with van der Waals surface area (Å²) in [6, 6.07) is 2.62. The Morgan fingerprint density at radius 3 is 2.74 bits per heavy atom. The van der Waals surface area contributed by atoms with Gasteiger partial charge in [-0.2, -0.15) is 5.10 Å². The van der Waals surface area contributed by atoms with Gasteiger partial charge in [0.2, 0.25) is 6.79 Å². The Balaban J connectivity index is 2.24. The summed E-state index contributed by atoms with van der Waals surface area (Å²) in [6.45, 7) is 0.825. The average Bonchev–Trinajstić information content (AvgIpc) is 2.94. The summed E-state index contributed by atoms with van der Waals surface area (Å²) in [7, 11) is 0. The van der Waals surface area contributed by atoms with E-state index in [1.165, 1.54) is 18.3 Å². The van der Waals surface area contributed by atoms with Crippen LogP contribution in [0.4, 0.5) is 14.6 Å². The smallest absolute Gasteiger partial charge is 0.270 e. The number of aromatic amines is 1. The van der Waals surface area contributed by atoms with Gasteiger partial charge >= 0.3 is 0 Å². The van der Waals surface area contributed by atoms with Gasteiger partial charge in [0, 0.05) is 23.6 Å². The molecular weight excluding hydrogens is 256 g/mol. The molecule has 1 aliphatic heterocycles. The molecular formula is C12H11F2N3O2. The van der Waals surface area contributed by atoms with Crippen LogP contribution in [0.3, 0.4) is 0 Å². The van der Waals surface area contributed by atoms with E-state index in [0.717, 1.165) is 6.92 Å². The predicted molar refractivity (Wildman–Crippen MR) is 64.1 cm³/mol. The van der Waals surface area contributed by atoms with Crippen LogP contribution in [0.2, 0.25) is 0 Å². The molecule has 2 heterocycles. The van der Waals surface area contributed by atoms with E-state index in [4.69, 9.17) is 15.2 Å². The SMILES string of the molecule is CC(F)(F)c1cc2c(c(-c3cn[nH]c3N)c1)OCO2. The molecule has 0 fully saturated rings. The molecule has 0 radical (unpaired) electrons. The number of fused-ring (bicyclic) bond motifs is 1. The summed E-state index contributed by atoms with van der Waals surface area (Å²) in [5.74, 6) is -2.00. The number of benzene rings is 1.